The monoisotopic (exact) mass is 441 g/mol. The van der Waals surface area contributed by atoms with E-state index in [1.807, 2.05) is 0 Å². The fourth-order valence-electron chi connectivity index (χ4n) is 2.48. The number of aromatic nitrogens is 2. The number of hydrogen-bond acceptors (Lipinski definition) is 5. The van der Waals surface area contributed by atoms with Crippen LogP contribution in [-0.2, 0) is 17.8 Å². The number of carbonyl (C=O) groups excluding carboxylic acids is 1. The predicted octanol–water partition coefficient (Wildman–Crippen LogP) is 3.70. The van der Waals surface area contributed by atoms with Gasteiger partial charge in [-0.3, -0.25) is 9.59 Å². The van der Waals surface area contributed by atoms with Gasteiger partial charge in [0.1, 0.15) is 12.4 Å². The van der Waals surface area contributed by atoms with Gasteiger partial charge in [-0.2, -0.15) is 0 Å². The van der Waals surface area contributed by atoms with Gasteiger partial charge in [0, 0.05) is 28.1 Å². The molecular weight excluding hydrogens is 426 g/mol. The molecule has 3 aromatic rings. The van der Waals surface area contributed by atoms with Crippen LogP contribution in [-0.4, -0.2) is 27.0 Å². The first-order valence-corrected chi connectivity index (χ1v) is 9.11. The number of carbonyl (C=O) groups is 2. The molecule has 1 aromatic heterocycles. The molecule has 0 bridgehead atoms. The van der Waals surface area contributed by atoms with Crippen molar-refractivity contribution in [1.82, 2.24) is 9.97 Å². The summed E-state index contributed by atoms with van der Waals surface area (Å²) in [6.45, 7) is 0.166. The number of nitrogens with zero attached hydrogens (tertiary/aromatic N) is 2. The number of nitrogens with one attached hydrogen (secondary N) is 1. The van der Waals surface area contributed by atoms with Gasteiger partial charge in [-0.15, -0.1) is 0 Å². The zero-order chi connectivity index (χ0) is 19.9. The third kappa shape index (κ3) is 5.37. The maximum atomic E-state index is 12.7. The van der Waals surface area contributed by atoms with Crippen LogP contribution in [0.3, 0.4) is 0 Å². The molecule has 0 aliphatic rings. The van der Waals surface area contributed by atoms with Crippen LogP contribution in [0.15, 0.2) is 65.4 Å². The molecule has 8 heteroatoms. The Bertz CT molecular complexity index is 996. The van der Waals surface area contributed by atoms with Gasteiger partial charge in [0.15, 0.2) is 5.82 Å². The van der Waals surface area contributed by atoms with Gasteiger partial charge in [-0.1, -0.05) is 34.1 Å². The molecule has 0 unspecified atom stereocenters. The summed E-state index contributed by atoms with van der Waals surface area (Å²) in [5, 5.41) is 11.8. The van der Waals surface area contributed by atoms with Crippen LogP contribution in [0.1, 0.15) is 21.7 Å². The molecule has 1 amide bonds. The van der Waals surface area contributed by atoms with Crippen LogP contribution in [0.2, 0.25) is 0 Å². The minimum absolute atomic E-state index is 0.166. The molecule has 28 heavy (non-hydrogen) atoms. The lowest BCUT2D eigenvalue weighted by molar-refractivity contribution is -0.136. The highest BCUT2D eigenvalue weighted by molar-refractivity contribution is 9.10. The second kappa shape index (κ2) is 9.09. The van der Waals surface area contributed by atoms with Gasteiger partial charge < -0.3 is 15.2 Å². The summed E-state index contributed by atoms with van der Waals surface area (Å²) in [4.78, 5) is 31.9. The standard InChI is InChI=1S/C20H16BrN3O4/c21-15-8-14(9-16(11-15)28-12-18-22-6-3-7-23-18)20(27)24-17-5-2-1-4-13(17)10-19(25)26/h1-9,11H,10,12H2,(H,24,27)(H,25,26). The van der Waals surface area contributed by atoms with E-state index >= 15 is 0 Å². The molecule has 7 nitrogen and oxygen atoms in total. The number of amides is 1. The van der Waals surface area contributed by atoms with Crippen molar-refractivity contribution < 1.29 is 19.4 Å². The highest BCUT2D eigenvalue weighted by atomic mass is 79.9. The van der Waals surface area contributed by atoms with E-state index in [1.54, 1.807) is 60.9 Å². The van der Waals surface area contributed by atoms with E-state index in [9.17, 15) is 9.59 Å². The number of hydrogen-bond donors (Lipinski definition) is 2. The van der Waals surface area contributed by atoms with Crippen molar-refractivity contribution in [3.8, 4) is 5.75 Å². The second-order valence-electron chi connectivity index (χ2n) is 5.81. The van der Waals surface area contributed by atoms with Crippen molar-refractivity contribution in [1.29, 1.82) is 0 Å². The average molecular weight is 442 g/mol. The first kappa shape index (κ1) is 19.5. The molecule has 3 rings (SSSR count). The van der Waals surface area contributed by atoms with E-state index in [4.69, 9.17) is 9.84 Å². The SMILES string of the molecule is O=C(O)Cc1ccccc1NC(=O)c1cc(Br)cc(OCc2ncccn2)c1. The maximum absolute atomic E-state index is 12.7. The average Bonchev–Trinajstić information content (AvgIpc) is 2.68. The molecule has 0 aliphatic heterocycles. The van der Waals surface area contributed by atoms with E-state index in [0.29, 0.717) is 32.9 Å². The lowest BCUT2D eigenvalue weighted by Gasteiger charge is -2.11. The van der Waals surface area contributed by atoms with Crippen LogP contribution in [0.25, 0.3) is 0 Å². The Labute approximate surface area is 169 Å². The minimum atomic E-state index is -0.969. The Morgan fingerprint density at radius 1 is 1.07 bits per heavy atom. The van der Waals surface area contributed by atoms with Gasteiger partial charge >= 0.3 is 5.97 Å². The summed E-state index contributed by atoms with van der Waals surface area (Å²) in [6, 6.07) is 13.5. The molecule has 0 fully saturated rings. The molecular formula is C20H16BrN3O4. The number of carboxylic acid groups (broad SMARTS) is 1. The van der Waals surface area contributed by atoms with Crippen LogP contribution in [0, 0.1) is 0 Å². The molecule has 0 saturated heterocycles. The van der Waals surface area contributed by atoms with Crippen LogP contribution >= 0.6 is 15.9 Å². The normalized spacial score (nSPS) is 10.3. The number of halogens is 1. The predicted molar refractivity (Wildman–Crippen MR) is 106 cm³/mol. The number of anilines is 1. The van der Waals surface area contributed by atoms with E-state index in [1.165, 1.54) is 0 Å². The first-order valence-electron chi connectivity index (χ1n) is 8.31. The Kier molecular flexibility index (Phi) is 6.33. The molecule has 2 aromatic carbocycles. The van der Waals surface area contributed by atoms with Gasteiger partial charge in [0.2, 0.25) is 0 Å². The smallest absolute Gasteiger partial charge is 0.307 e. The molecule has 0 atom stereocenters. The van der Waals surface area contributed by atoms with Crippen molar-refractivity contribution >= 4 is 33.5 Å². The van der Waals surface area contributed by atoms with E-state index in [0.717, 1.165) is 0 Å². The van der Waals surface area contributed by atoms with Crippen molar-refractivity contribution in [2.24, 2.45) is 0 Å². The topological polar surface area (TPSA) is 101 Å². The Morgan fingerprint density at radius 3 is 2.57 bits per heavy atom. The van der Waals surface area contributed by atoms with Crippen molar-refractivity contribution in [3.63, 3.8) is 0 Å². The highest BCUT2D eigenvalue weighted by Crippen LogP contribution is 2.24. The van der Waals surface area contributed by atoms with E-state index in [2.05, 4.69) is 31.2 Å². The summed E-state index contributed by atoms with van der Waals surface area (Å²) in [6.07, 6.45) is 3.07. The quantitative estimate of drug-likeness (QED) is 0.579. The number of ether oxygens (including phenoxy) is 1. The van der Waals surface area contributed by atoms with E-state index in [-0.39, 0.29) is 18.9 Å². The zero-order valence-corrected chi connectivity index (χ0v) is 16.2. The van der Waals surface area contributed by atoms with Gasteiger partial charge in [-0.25, -0.2) is 9.97 Å². The fourth-order valence-corrected chi connectivity index (χ4v) is 2.96. The Morgan fingerprint density at radius 2 is 1.82 bits per heavy atom. The number of para-hydroxylation sites is 1. The summed E-state index contributed by atoms with van der Waals surface area (Å²) >= 11 is 3.37. The van der Waals surface area contributed by atoms with Crippen LogP contribution in [0.5, 0.6) is 5.75 Å². The zero-order valence-electron chi connectivity index (χ0n) is 14.6. The maximum Gasteiger partial charge on any atom is 0.307 e. The van der Waals surface area contributed by atoms with Gasteiger partial charge in [-0.05, 0) is 35.9 Å². The van der Waals surface area contributed by atoms with Gasteiger partial charge in [0.05, 0.1) is 6.42 Å². The third-order valence-electron chi connectivity index (χ3n) is 3.73. The van der Waals surface area contributed by atoms with Crippen molar-refractivity contribution in [2.75, 3.05) is 5.32 Å². The Balaban J connectivity index is 1.75. The van der Waals surface area contributed by atoms with E-state index < -0.39 is 5.97 Å². The number of benzene rings is 2. The fraction of sp³-hybridized carbons (Fsp3) is 0.100. The van der Waals surface area contributed by atoms with Crippen LogP contribution in [0.4, 0.5) is 5.69 Å². The molecule has 0 spiro atoms. The summed E-state index contributed by atoms with van der Waals surface area (Å²) in [5.41, 5.74) is 1.34. The largest absolute Gasteiger partial charge is 0.486 e. The van der Waals surface area contributed by atoms with Crippen molar-refractivity contribution in [3.05, 3.63) is 82.3 Å². The van der Waals surface area contributed by atoms with Crippen molar-refractivity contribution in [2.45, 2.75) is 13.0 Å². The molecule has 0 radical (unpaired) electrons. The number of aliphatic carboxylic acids is 1. The summed E-state index contributed by atoms with van der Waals surface area (Å²) in [5.74, 6) is -0.343. The highest BCUT2D eigenvalue weighted by Gasteiger charge is 2.13. The van der Waals surface area contributed by atoms with Crippen LogP contribution < -0.4 is 10.1 Å². The molecule has 0 aliphatic carbocycles. The lowest BCUT2D eigenvalue weighted by atomic mass is 10.1. The second-order valence-corrected chi connectivity index (χ2v) is 6.73. The molecule has 0 saturated carbocycles. The third-order valence-corrected chi connectivity index (χ3v) is 4.19. The summed E-state index contributed by atoms with van der Waals surface area (Å²) < 4.78 is 6.35. The molecule has 2 N–H and O–H groups in total. The molecule has 142 valence electrons. The Hall–Kier alpha value is -3.26. The lowest BCUT2D eigenvalue weighted by Crippen LogP contribution is -2.14. The summed E-state index contributed by atoms with van der Waals surface area (Å²) in [7, 11) is 0. The number of carboxylic acids is 1. The van der Waals surface area contributed by atoms with Gasteiger partial charge in [0.25, 0.3) is 5.91 Å². The molecule has 1 heterocycles. The number of rotatable bonds is 7. The first-order chi connectivity index (χ1) is 13.5. The minimum Gasteiger partial charge on any atom is -0.486 e.